The summed E-state index contributed by atoms with van der Waals surface area (Å²) in [6, 6.07) is 12.7. The van der Waals surface area contributed by atoms with E-state index in [1.807, 2.05) is 37.5 Å². The highest BCUT2D eigenvalue weighted by molar-refractivity contribution is 6.06. The van der Waals surface area contributed by atoms with Crippen LogP contribution in [0.15, 0.2) is 56.4 Å². The molecule has 2 aromatic rings. The van der Waals surface area contributed by atoms with E-state index in [4.69, 9.17) is 22.9 Å². The van der Waals surface area contributed by atoms with Crippen LogP contribution in [-0.4, -0.2) is 35.2 Å². The summed E-state index contributed by atoms with van der Waals surface area (Å²) in [5.41, 5.74) is 29.6. The number of rotatable bonds is 5. The van der Waals surface area contributed by atoms with E-state index in [1.165, 1.54) is 22.3 Å². The minimum Gasteiger partial charge on any atom is -0.369 e. The third-order valence-electron chi connectivity index (χ3n) is 6.62. The van der Waals surface area contributed by atoms with Crippen molar-refractivity contribution >= 4 is 35.2 Å². The SMILES string of the molecule is Cc1cc(N2C(N)=NC(N)=NC2(C)C)ccc1CCc1ccc(N2C(N)=NC(N)=NC2(C)C)cc1C. The van der Waals surface area contributed by atoms with Crippen molar-refractivity contribution in [2.24, 2.45) is 42.9 Å². The quantitative estimate of drug-likeness (QED) is 0.506. The van der Waals surface area contributed by atoms with Gasteiger partial charge in [-0.25, -0.2) is 9.98 Å². The highest BCUT2D eigenvalue weighted by Gasteiger charge is 2.34. The lowest BCUT2D eigenvalue weighted by molar-refractivity contribution is 0.533. The first-order chi connectivity index (χ1) is 16.8. The summed E-state index contributed by atoms with van der Waals surface area (Å²) in [6.45, 7) is 12.1. The molecule has 2 aliphatic heterocycles. The van der Waals surface area contributed by atoms with Gasteiger partial charge in [-0.2, -0.15) is 9.98 Å². The van der Waals surface area contributed by atoms with Crippen molar-refractivity contribution in [1.82, 2.24) is 0 Å². The minimum atomic E-state index is -0.614. The molecular formula is C26H36N10. The number of benzene rings is 2. The molecule has 4 rings (SSSR count). The van der Waals surface area contributed by atoms with E-state index in [-0.39, 0.29) is 11.9 Å². The molecule has 2 aliphatic rings. The summed E-state index contributed by atoms with van der Waals surface area (Å²) in [7, 11) is 0. The summed E-state index contributed by atoms with van der Waals surface area (Å²) in [6.07, 6.45) is 1.81. The number of nitrogens with zero attached hydrogens (tertiary/aromatic N) is 6. The van der Waals surface area contributed by atoms with Crippen LogP contribution in [0, 0.1) is 13.8 Å². The molecule has 0 atom stereocenters. The molecule has 10 nitrogen and oxygen atoms in total. The lowest BCUT2D eigenvalue weighted by atomic mass is 9.96. The molecule has 0 bridgehead atoms. The molecule has 0 saturated heterocycles. The van der Waals surface area contributed by atoms with Gasteiger partial charge in [0.15, 0.2) is 0 Å². The third-order valence-corrected chi connectivity index (χ3v) is 6.62. The van der Waals surface area contributed by atoms with Crippen molar-refractivity contribution < 1.29 is 0 Å². The van der Waals surface area contributed by atoms with Crippen molar-refractivity contribution in [3.8, 4) is 0 Å². The van der Waals surface area contributed by atoms with Gasteiger partial charge in [-0.15, -0.1) is 0 Å². The van der Waals surface area contributed by atoms with Crippen LogP contribution in [0.4, 0.5) is 11.4 Å². The zero-order valence-corrected chi connectivity index (χ0v) is 21.9. The molecular weight excluding hydrogens is 452 g/mol. The predicted molar refractivity (Wildman–Crippen MR) is 149 cm³/mol. The Kier molecular flexibility index (Phi) is 6.15. The van der Waals surface area contributed by atoms with Crippen LogP contribution in [0.25, 0.3) is 0 Å². The molecule has 2 aromatic carbocycles. The van der Waals surface area contributed by atoms with Gasteiger partial charge in [0, 0.05) is 11.4 Å². The standard InChI is InChI=1S/C26H36N10/c1-15-13-19(35-23(29)31-21(27)33-25(35,3)4)11-9-17(15)7-8-18-10-12-20(14-16(18)2)36-24(30)32-22(28)34-26(36,5)6/h9-14H,7-8H2,1-6H3,(H4,27,29,31,33)(H4,28,30,32,34). The Labute approximate surface area is 212 Å². The van der Waals surface area contributed by atoms with E-state index in [2.05, 4.69) is 70.2 Å². The van der Waals surface area contributed by atoms with Crippen LogP contribution in [0.1, 0.15) is 49.9 Å². The van der Waals surface area contributed by atoms with Gasteiger partial charge in [0.25, 0.3) is 0 Å². The average Bonchev–Trinajstić information content (AvgIpc) is 2.71. The van der Waals surface area contributed by atoms with Gasteiger partial charge < -0.3 is 22.9 Å². The molecule has 36 heavy (non-hydrogen) atoms. The van der Waals surface area contributed by atoms with Crippen LogP contribution in [-0.2, 0) is 12.8 Å². The first-order valence-corrected chi connectivity index (χ1v) is 12.0. The molecule has 8 N–H and O–H groups in total. The summed E-state index contributed by atoms with van der Waals surface area (Å²) < 4.78 is 0. The predicted octanol–water partition coefficient (Wildman–Crippen LogP) is 2.46. The topological polar surface area (TPSA) is 160 Å². The first kappa shape index (κ1) is 25.0. The fourth-order valence-corrected chi connectivity index (χ4v) is 4.97. The Morgan fingerprint density at radius 1 is 0.639 bits per heavy atom. The molecule has 0 saturated carbocycles. The molecule has 2 heterocycles. The maximum absolute atomic E-state index is 6.20. The summed E-state index contributed by atoms with van der Waals surface area (Å²) in [4.78, 5) is 21.0. The maximum atomic E-state index is 6.20. The van der Waals surface area contributed by atoms with E-state index in [9.17, 15) is 0 Å². The monoisotopic (exact) mass is 488 g/mol. The van der Waals surface area contributed by atoms with Crippen molar-refractivity contribution in [2.45, 2.75) is 65.7 Å². The number of hydrogen-bond acceptors (Lipinski definition) is 10. The number of anilines is 2. The lowest BCUT2D eigenvalue weighted by Gasteiger charge is -2.38. The van der Waals surface area contributed by atoms with E-state index in [0.717, 1.165) is 24.2 Å². The zero-order valence-electron chi connectivity index (χ0n) is 21.9. The van der Waals surface area contributed by atoms with Crippen molar-refractivity contribution in [2.75, 3.05) is 9.80 Å². The van der Waals surface area contributed by atoms with E-state index < -0.39 is 11.3 Å². The Morgan fingerprint density at radius 3 is 1.31 bits per heavy atom. The molecule has 0 fully saturated rings. The third kappa shape index (κ3) is 4.71. The minimum absolute atomic E-state index is 0.194. The van der Waals surface area contributed by atoms with E-state index in [1.54, 1.807) is 0 Å². The molecule has 0 amide bonds. The molecule has 0 spiro atoms. The summed E-state index contributed by atoms with van der Waals surface area (Å²) in [5.74, 6) is 1.07. The fraction of sp³-hybridized carbons (Fsp3) is 0.385. The molecule has 0 aliphatic carbocycles. The van der Waals surface area contributed by atoms with Gasteiger partial charge in [0.1, 0.15) is 11.3 Å². The number of hydrogen-bond donors (Lipinski definition) is 4. The normalized spacial score (nSPS) is 18.8. The van der Waals surface area contributed by atoms with Crippen LogP contribution < -0.4 is 32.7 Å². The second-order valence-corrected chi connectivity index (χ2v) is 10.3. The van der Waals surface area contributed by atoms with E-state index in [0.29, 0.717) is 11.9 Å². The molecule has 0 unspecified atom stereocenters. The number of nitrogens with two attached hydrogens (primary N) is 4. The first-order valence-electron chi connectivity index (χ1n) is 12.0. The van der Waals surface area contributed by atoms with Crippen molar-refractivity contribution in [1.29, 1.82) is 0 Å². The van der Waals surface area contributed by atoms with Crippen LogP contribution in [0.3, 0.4) is 0 Å². The average molecular weight is 489 g/mol. The van der Waals surface area contributed by atoms with Gasteiger partial charge in [-0.05, 0) is 101 Å². The lowest BCUT2D eigenvalue weighted by Crippen LogP contribution is -2.54. The summed E-state index contributed by atoms with van der Waals surface area (Å²) in [5, 5.41) is 0. The van der Waals surface area contributed by atoms with Gasteiger partial charge in [0.05, 0.1) is 0 Å². The highest BCUT2D eigenvalue weighted by atomic mass is 15.4. The highest BCUT2D eigenvalue weighted by Crippen LogP contribution is 2.31. The second kappa shape index (κ2) is 8.85. The largest absolute Gasteiger partial charge is 0.369 e. The van der Waals surface area contributed by atoms with Gasteiger partial charge in [-0.3, -0.25) is 9.80 Å². The van der Waals surface area contributed by atoms with Gasteiger partial charge >= 0.3 is 0 Å². The summed E-state index contributed by atoms with van der Waals surface area (Å²) >= 11 is 0. The van der Waals surface area contributed by atoms with Crippen LogP contribution in [0.5, 0.6) is 0 Å². The second-order valence-electron chi connectivity index (χ2n) is 10.3. The molecule has 10 heteroatoms. The van der Waals surface area contributed by atoms with Crippen LogP contribution >= 0.6 is 0 Å². The smallest absolute Gasteiger partial charge is 0.220 e. The van der Waals surface area contributed by atoms with Gasteiger partial charge in [0.2, 0.25) is 23.8 Å². The Hall–Kier alpha value is -4.08. The Morgan fingerprint density at radius 2 is 1.00 bits per heavy atom. The number of aliphatic imine (C=N–C) groups is 4. The fourth-order valence-electron chi connectivity index (χ4n) is 4.97. The maximum Gasteiger partial charge on any atom is 0.220 e. The van der Waals surface area contributed by atoms with Crippen molar-refractivity contribution in [3.63, 3.8) is 0 Å². The zero-order chi connectivity index (χ0) is 26.4. The van der Waals surface area contributed by atoms with E-state index >= 15 is 0 Å². The number of guanidine groups is 4. The Balaban J connectivity index is 1.51. The molecule has 0 radical (unpaired) electrons. The van der Waals surface area contributed by atoms with Crippen molar-refractivity contribution in [3.05, 3.63) is 58.7 Å². The Bertz CT molecular complexity index is 1210. The molecule has 190 valence electrons. The van der Waals surface area contributed by atoms with Crippen LogP contribution in [0.2, 0.25) is 0 Å². The number of aryl methyl sites for hydroxylation is 4. The van der Waals surface area contributed by atoms with Gasteiger partial charge in [-0.1, -0.05) is 12.1 Å². The molecule has 0 aromatic heterocycles.